The van der Waals surface area contributed by atoms with Gasteiger partial charge >= 0.3 is 0 Å². The van der Waals surface area contributed by atoms with E-state index < -0.39 is 0 Å². The summed E-state index contributed by atoms with van der Waals surface area (Å²) < 4.78 is 0. The first-order valence-corrected chi connectivity index (χ1v) is 6.95. The van der Waals surface area contributed by atoms with Crippen LogP contribution < -0.4 is 5.32 Å². The molecule has 1 aromatic heterocycles. The lowest BCUT2D eigenvalue weighted by molar-refractivity contribution is 0.102. The third-order valence-corrected chi connectivity index (χ3v) is 3.54. The van der Waals surface area contributed by atoms with Gasteiger partial charge in [-0.3, -0.25) is 4.79 Å². The first-order valence-electron chi connectivity index (χ1n) is 6.57. The van der Waals surface area contributed by atoms with E-state index in [0.29, 0.717) is 22.1 Å². The Morgan fingerprint density at radius 2 is 1.81 bits per heavy atom. The highest BCUT2D eigenvalue weighted by Gasteiger charge is 2.11. The standard InChI is InChI=1S/C17H13ClN2O/c1-11-15(9-10-16(18)19-11)20-17(21)14-8-4-6-12-5-2-3-7-13(12)14/h2-10H,1H3,(H,20,21). The molecule has 0 aliphatic rings. The van der Waals surface area contributed by atoms with E-state index in [1.54, 1.807) is 12.1 Å². The number of halogens is 1. The summed E-state index contributed by atoms with van der Waals surface area (Å²) in [6, 6.07) is 16.9. The molecule has 3 nitrogen and oxygen atoms in total. The molecule has 0 atom stereocenters. The summed E-state index contributed by atoms with van der Waals surface area (Å²) in [5.74, 6) is -0.154. The van der Waals surface area contributed by atoms with E-state index in [0.717, 1.165) is 10.8 Å². The van der Waals surface area contributed by atoms with Crippen molar-refractivity contribution in [3.8, 4) is 0 Å². The van der Waals surface area contributed by atoms with Crippen molar-refractivity contribution in [2.45, 2.75) is 6.92 Å². The maximum Gasteiger partial charge on any atom is 0.256 e. The molecule has 0 unspecified atom stereocenters. The molecule has 4 heteroatoms. The number of anilines is 1. The number of fused-ring (bicyclic) bond motifs is 1. The van der Waals surface area contributed by atoms with Crippen molar-refractivity contribution < 1.29 is 4.79 Å². The molecular weight excluding hydrogens is 284 g/mol. The number of hydrogen-bond donors (Lipinski definition) is 1. The predicted molar refractivity (Wildman–Crippen MR) is 85.9 cm³/mol. The van der Waals surface area contributed by atoms with Gasteiger partial charge in [0, 0.05) is 5.56 Å². The highest BCUT2D eigenvalue weighted by atomic mass is 35.5. The van der Waals surface area contributed by atoms with Gasteiger partial charge < -0.3 is 5.32 Å². The quantitative estimate of drug-likeness (QED) is 0.710. The highest BCUT2D eigenvalue weighted by molar-refractivity contribution is 6.29. The second kappa shape index (κ2) is 5.54. The van der Waals surface area contributed by atoms with Crippen molar-refractivity contribution in [3.63, 3.8) is 0 Å². The lowest BCUT2D eigenvalue weighted by Crippen LogP contribution is -2.13. The van der Waals surface area contributed by atoms with Crippen LogP contribution in [0.5, 0.6) is 0 Å². The Kier molecular flexibility index (Phi) is 3.59. The van der Waals surface area contributed by atoms with Gasteiger partial charge in [-0.1, -0.05) is 48.0 Å². The number of amides is 1. The Balaban J connectivity index is 1.97. The van der Waals surface area contributed by atoms with Crippen molar-refractivity contribution in [2.24, 2.45) is 0 Å². The average Bonchev–Trinajstić information content (AvgIpc) is 2.49. The Bertz CT molecular complexity index is 825. The molecular formula is C17H13ClN2O. The fourth-order valence-corrected chi connectivity index (χ4v) is 2.47. The molecule has 3 rings (SSSR count). The summed E-state index contributed by atoms with van der Waals surface area (Å²) in [7, 11) is 0. The number of nitrogens with one attached hydrogen (secondary N) is 1. The molecule has 0 saturated heterocycles. The Morgan fingerprint density at radius 3 is 2.62 bits per heavy atom. The van der Waals surface area contributed by atoms with Crippen molar-refractivity contribution >= 4 is 34.0 Å². The molecule has 1 amide bonds. The number of rotatable bonds is 2. The maximum absolute atomic E-state index is 12.5. The summed E-state index contributed by atoms with van der Waals surface area (Å²) in [5.41, 5.74) is 2.00. The van der Waals surface area contributed by atoms with Crippen LogP contribution in [0.3, 0.4) is 0 Å². The van der Waals surface area contributed by atoms with Crippen LogP contribution in [0, 0.1) is 6.92 Å². The van der Waals surface area contributed by atoms with E-state index >= 15 is 0 Å². The molecule has 21 heavy (non-hydrogen) atoms. The zero-order chi connectivity index (χ0) is 14.8. The van der Waals surface area contributed by atoms with Crippen LogP contribution in [0.4, 0.5) is 5.69 Å². The van der Waals surface area contributed by atoms with E-state index in [2.05, 4.69) is 10.3 Å². The van der Waals surface area contributed by atoms with Crippen LogP contribution in [0.1, 0.15) is 16.1 Å². The van der Waals surface area contributed by atoms with Crippen LogP contribution in [0.25, 0.3) is 10.8 Å². The van der Waals surface area contributed by atoms with Crippen molar-refractivity contribution in [3.05, 3.63) is 71.0 Å². The van der Waals surface area contributed by atoms with Crippen molar-refractivity contribution in [1.29, 1.82) is 0 Å². The van der Waals surface area contributed by atoms with Gasteiger partial charge in [-0.25, -0.2) is 4.98 Å². The number of carbonyl (C=O) groups excluding carboxylic acids is 1. The monoisotopic (exact) mass is 296 g/mol. The molecule has 0 fully saturated rings. The summed E-state index contributed by atoms with van der Waals surface area (Å²) in [4.78, 5) is 16.6. The molecule has 2 aromatic carbocycles. The van der Waals surface area contributed by atoms with Crippen LogP contribution >= 0.6 is 11.6 Å². The molecule has 0 radical (unpaired) electrons. The fraction of sp³-hybridized carbons (Fsp3) is 0.0588. The van der Waals surface area contributed by atoms with Crippen LogP contribution in [0.15, 0.2) is 54.6 Å². The van der Waals surface area contributed by atoms with Gasteiger partial charge in [0.25, 0.3) is 5.91 Å². The van der Waals surface area contributed by atoms with Gasteiger partial charge in [-0.2, -0.15) is 0 Å². The molecule has 104 valence electrons. The largest absolute Gasteiger partial charge is 0.320 e. The minimum absolute atomic E-state index is 0.154. The van der Waals surface area contributed by atoms with Gasteiger partial charge in [0.1, 0.15) is 5.15 Å². The third kappa shape index (κ3) is 2.73. The second-order valence-electron chi connectivity index (χ2n) is 4.75. The normalized spacial score (nSPS) is 10.6. The minimum Gasteiger partial charge on any atom is -0.320 e. The molecule has 0 bridgehead atoms. The number of carbonyl (C=O) groups is 1. The lowest BCUT2D eigenvalue weighted by atomic mass is 10.0. The van der Waals surface area contributed by atoms with Gasteiger partial charge in [0.15, 0.2) is 0 Å². The molecule has 0 aliphatic heterocycles. The van der Waals surface area contributed by atoms with Crippen molar-refractivity contribution in [1.82, 2.24) is 4.98 Å². The zero-order valence-corrected chi connectivity index (χ0v) is 12.2. The average molecular weight is 297 g/mol. The molecule has 3 aromatic rings. The first-order chi connectivity index (χ1) is 10.1. The first kappa shape index (κ1) is 13.6. The predicted octanol–water partition coefficient (Wildman–Crippen LogP) is 4.45. The highest BCUT2D eigenvalue weighted by Crippen LogP contribution is 2.21. The summed E-state index contributed by atoms with van der Waals surface area (Å²) in [5, 5.41) is 5.26. The number of benzene rings is 2. The summed E-state index contributed by atoms with van der Waals surface area (Å²) in [6.07, 6.45) is 0. The van der Waals surface area contributed by atoms with E-state index in [9.17, 15) is 4.79 Å². The number of hydrogen-bond acceptors (Lipinski definition) is 2. The van der Waals surface area contributed by atoms with Crippen LogP contribution in [-0.4, -0.2) is 10.9 Å². The van der Waals surface area contributed by atoms with E-state index in [-0.39, 0.29) is 5.91 Å². The SMILES string of the molecule is Cc1nc(Cl)ccc1NC(=O)c1cccc2ccccc12. The Labute approximate surface area is 127 Å². The van der Waals surface area contributed by atoms with E-state index in [1.165, 1.54) is 0 Å². The number of aromatic nitrogens is 1. The van der Waals surface area contributed by atoms with Gasteiger partial charge in [-0.15, -0.1) is 0 Å². The topological polar surface area (TPSA) is 42.0 Å². The molecule has 0 saturated carbocycles. The Morgan fingerprint density at radius 1 is 1.05 bits per heavy atom. The number of pyridine rings is 1. The number of aryl methyl sites for hydroxylation is 1. The Hall–Kier alpha value is -2.39. The van der Waals surface area contributed by atoms with E-state index in [1.807, 2.05) is 49.4 Å². The molecule has 1 N–H and O–H groups in total. The smallest absolute Gasteiger partial charge is 0.256 e. The van der Waals surface area contributed by atoms with Gasteiger partial charge in [-0.05, 0) is 35.9 Å². The fourth-order valence-electron chi connectivity index (χ4n) is 2.28. The minimum atomic E-state index is -0.154. The van der Waals surface area contributed by atoms with E-state index in [4.69, 9.17) is 11.6 Å². The molecule has 1 heterocycles. The molecule has 0 aliphatic carbocycles. The van der Waals surface area contributed by atoms with Gasteiger partial charge in [0.2, 0.25) is 0 Å². The zero-order valence-electron chi connectivity index (χ0n) is 11.4. The van der Waals surface area contributed by atoms with Gasteiger partial charge in [0.05, 0.1) is 11.4 Å². The number of nitrogens with zero attached hydrogens (tertiary/aromatic N) is 1. The summed E-state index contributed by atoms with van der Waals surface area (Å²) >= 11 is 5.82. The maximum atomic E-state index is 12.5. The third-order valence-electron chi connectivity index (χ3n) is 3.33. The van der Waals surface area contributed by atoms with Crippen molar-refractivity contribution in [2.75, 3.05) is 5.32 Å². The lowest BCUT2D eigenvalue weighted by Gasteiger charge is -2.10. The second-order valence-corrected chi connectivity index (χ2v) is 5.14. The van der Waals surface area contributed by atoms with Crippen LogP contribution in [0.2, 0.25) is 5.15 Å². The van der Waals surface area contributed by atoms with Crippen LogP contribution in [-0.2, 0) is 0 Å². The molecule has 0 spiro atoms. The summed E-state index contributed by atoms with van der Waals surface area (Å²) in [6.45, 7) is 1.81.